The molecular weight excluding hydrogens is 256 g/mol. The van der Waals surface area contributed by atoms with Crippen LogP contribution in [0.1, 0.15) is 72.6 Å². The van der Waals surface area contributed by atoms with Gasteiger partial charge in [0.05, 0.1) is 0 Å². The van der Waals surface area contributed by atoms with E-state index in [9.17, 15) is 0 Å². The van der Waals surface area contributed by atoms with Crippen LogP contribution >= 0.6 is 0 Å². The molecule has 122 valence electrons. The third kappa shape index (κ3) is 2.91. The number of rotatable bonds is 5. The Kier molecular flexibility index (Phi) is 4.40. The van der Waals surface area contributed by atoms with Crippen molar-refractivity contribution >= 4 is 0 Å². The van der Waals surface area contributed by atoms with Gasteiger partial charge in [-0.3, -0.25) is 0 Å². The minimum Gasteiger partial charge on any atom is -0.310 e. The summed E-state index contributed by atoms with van der Waals surface area (Å²) < 4.78 is 0. The van der Waals surface area contributed by atoms with E-state index in [2.05, 4.69) is 37.9 Å². The third-order valence-corrected chi connectivity index (χ3v) is 7.09. The van der Waals surface area contributed by atoms with Gasteiger partial charge in [0, 0.05) is 12.1 Å². The summed E-state index contributed by atoms with van der Waals surface area (Å²) in [5.41, 5.74) is 1.08. The van der Waals surface area contributed by atoms with E-state index < -0.39 is 0 Å². The van der Waals surface area contributed by atoms with Crippen molar-refractivity contribution in [1.29, 1.82) is 0 Å². The maximum Gasteiger partial charge on any atom is 0.0177 e. The average molecular weight is 293 g/mol. The van der Waals surface area contributed by atoms with E-state index in [1.165, 1.54) is 64.6 Å². The van der Waals surface area contributed by atoms with Crippen LogP contribution in [0.25, 0.3) is 0 Å². The van der Waals surface area contributed by atoms with Crippen molar-refractivity contribution in [3.8, 4) is 0 Å². The Balaban J connectivity index is 1.54. The maximum atomic E-state index is 4.13. The fourth-order valence-electron chi connectivity index (χ4n) is 5.66. The Morgan fingerprint density at radius 2 is 1.81 bits per heavy atom. The van der Waals surface area contributed by atoms with E-state index in [4.69, 9.17) is 0 Å². The molecule has 1 N–H and O–H groups in total. The molecule has 2 aliphatic carbocycles. The van der Waals surface area contributed by atoms with Gasteiger partial charge >= 0.3 is 0 Å². The highest BCUT2D eigenvalue weighted by atomic mass is 15.1. The lowest BCUT2D eigenvalue weighted by molar-refractivity contribution is 0.0833. The van der Waals surface area contributed by atoms with Crippen LogP contribution in [0.4, 0.5) is 0 Å². The number of piperidine rings is 1. The van der Waals surface area contributed by atoms with Crippen molar-refractivity contribution in [3.63, 3.8) is 0 Å². The smallest absolute Gasteiger partial charge is 0.0177 e. The summed E-state index contributed by atoms with van der Waals surface area (Å²) in [6, 6.07) is 1.51. The fourth-order valence-corrected chi connectivity index (χ4v) is 5.66. The van der Waals surface area contributed by atoms with Crippen LogP contribution in [0.15, 0.2) is 0 Å². The zero-order valence-corrected chi connectivity index (χ0v) is 14.8. The molecule has 21 heavy (non-hydrogen) atoms. The Labute approximate surface area is 132 Å². The van der Waals surface area contributed by atoms with Gasteiger partial charge in [0.1, 0.15) is 0 Å². The molecule has 1 saturated heterocycles. The van der Waals surface area contributed by atoms with Gasteiger partial charge in [0.15, 0.2) is 0 Å². The highest BCUT2D eigenvalue weighted by Gasteiger charge is 2.59. The number of nitrogens with one attached hydrogen (secondary N) is 1. The quantitative estimate of drug-likeness (QED) is 0.822. The second-order valence-corrected chi connectivity index (χ2v) is 8.98. The zero-order chi connectivity index (χ0) is 15.1. The number of hydrogen-bond donors (Lipinski definition) is 1. The van der Waals surface area contributed by atoms with Crippen LogP contribution in [0.3, 0.4) is 0 Å². The monoisotopic (exact) mass is 292 g/mol. The lowest BCUT2D eigenvalue weighted by Crippen LogP contribution is -2.55. The lowest BCUT2D eigenvalue weighted by Gasteiger charge is -2.46. The molecule has 1 unspecified atom stereocenters. The minimum atomic E-state index is 0.506. The van der Waals surface area contributed by atoms with E-state index in [0.717, 1.165) is 18.0 Å². The van der Waals surface area contributed by atoms with Crippen molar-refractivity contribution in [3.05, 3.63) is 0 Å². The number of hydrogen-bond acceptors (Lipinski definition) is 2. The summed E-state index contributed by atoms with van der Waals surface area (Å²) in [4.78, 5) is 2.68. The molecule has 2 bridgehead atoms. The Morgan fingerprint density at radius 1 is 1.10 bits per heavy atom. The van der Waals surface area contributed by atoms with Crippen LogP contribution in [-0.2, 0) is 0 Å². The fraction of sp³-hybridized carbons (Fsp3) is 1.00. The lowest BCUT2D eigenvalue weighted by atomic mass is 9.68. The average Bonchev–Trinajstić information content (AvgIpc) is 2.94. The van der Waals surface area contributed by atoms with E-state index >= 15 is 0 Å². The molecule has 0 aromatic carbocycles. The molecule has 2 nitrogen and oxygen atoms in total. The van der Waals surface area contributed by atoms with E-state index in [1.807, 2.05) is 0 Å². The van der Waals surface area contributed by atoms with Gasteiger partial charge in [-0.15, -0.1) is 0 Å². The largest absolute Gasteiger partial charge is 0.310 e. The molecule has 0 aromatic rings. The molecule has 0 amide bonds. The Hall–Kier alpha value is -0.0800. The zero-order valence-electron chi connectivity index (χ0n) is 14.8. The van der Waals surface area contributed by atoms with E-state index in [0.29, 0.717) is 10.8 Å². The summed E-state index contributed by atoms with van der Waals surface area (Å²) in [5.74, 6) is 0.963. The molecule has 0 spiro atoms. The second-order valence-electron chi connectivity index (χ2n) is 8.98. The molecule has 0 radical (unpaired) electrons. The van der Waals surface area contributed by atoms with Gasteiger partial charge in [0.25, 0.3) is 0 Å². The minimum absolute atomic E-state index is 0.506. The highest BCUT2D eigenvalue weighted by molar-refractivity contribution is 5.12. The first-order chi connectivity index (χ1) is 9.95. The summed E-state index contributed by atoms with van der Waals surface area (Å²) in [7, 11) is 0. The third-order valence-electron chi connectivity index (χ3n) is 7.09. The molecule has 0 aromatic heterocycles. The Bertz CT molecular complexity index is 352. The van der Waals surface area contributed by atoms with Crippen molar-refractivity contribution in [2.24, 2.45) is 16.7 Å². The first-order valence-electron chi connectivity index (χ1n) is 9.44. The molecule has 1 aliphatic heterocycles. The number of likely N-dealkylation sites (tertiary alicyclic amines) is 1. The highest BCUT2D eigenvalue weighted by Crippen LogP contribution is 2.62. The van der Waals surface area contributed by atoms with Crippen LogP contribution in [0.2, 0.25) is 0 Å². The molecule has 2 saturated carbocycles. The normalized spacial score (nSPS) is 40.0. The van der Waals surface area contributed by atoms with Crippen LogP contribution < -0.4 is 5.32 Å². The SMILES string of the molecule is CCCCN1CCC(NC2C(C)(C)[C@H]3CC[C@]2(C)C3)CC1. The standard InChI is InChI=1S/C19H36N2/c1-5-6-11-21-12-8-16(9-13-21)20-17-18(2,3)15-7-10-19(17,4)14-15/h15-17,20H,5-14H2,1-4H3/t15-,17?,19+/m0/s1. The molecule has 3 rings (SSSR count). The van der Waals surface area contributed by atoms with Crippen molar-refractivity contribution in [1.82, 2.24) is 10.2 Å². The van der Waals surface area contributed by atoms with Gasteiger partial charge in [0.2, 0.25) is 0 Å². The van der Waals surface area contributed by atoms with Gasteiger partial charge < -0.3 is 10.2 Å². The summed E-state index contributed by atoms with van der Waals surface area (Å²) in [5, 5.41) is 4.13. The van der Waals surface area contributed by atoms with Crippen molar-refractivity contribution < 1.29 is 0 Å². The molecular formula is C19H36N2. The number of fused-ring (bicyclic) bond motifs is 2. The summed E-state index contributed by atoms with van der Waals surface area (Å²) in [6.07, 6.45) is 9.80. The number of nitrogens with zero attached hydrogens (tertiary/aromatic N) is 1. The van der Waals surface area contributed by atoms with Crippen molar-refractivity contribution in [2.75, 3.05) is 19.6 Å². The summed E-state index contributed by atoms with van der Waals surface area (Å²) >= 11 is 0. The second kappa shape index (κ2) is 5.85. The van der Waals surface area contributed by atoms with E-state index in [-0.39, 0.29) is 0 Å². The Morgan fingerprint density at radius 3 is 2.38 bits per heavy atom. The first kappa shape index (κ1) is 15.8. The van der Waals surface area contributed by atoms with Gasteiger partial charge in [-0.2, -0.15) is 0 Å². The van der Waals surface area contributed by atoms with E-state index in [1.54, 1.807) is 0 Å². The van der Waals surface area contributed by atoms with Gasteiger partial charge in [-0.25, -0.2) is 0 Å². The topological polar surface area (TPSA) is 15.3 Å². The molecule has 2 heteroatoms. The number of unbranched alkanes of at least 4 members (excludes halogenated alkanes) is 1. The van der Waals surface area contributed by atoms with Crippen LogP contribution in [0, 0.1) is 16.7 Å². The molecule has 3 fully saturated rings. The first-order valence-corrected chi connectivity index (χ1v) is 9.44. The van der Waals surface area contributed by atoms with Crippen molar-refractivity contribution in [2.45, 2.75) is 84.7 Å². The van der Waals surface area contributed by atoms with Gasteiger partial charge in [-0.1, -0.05) is 34.1 Å². The molecule has 1 heterocycles. The molecule has 3 atom stereocenters. The van der Waals surface area contributed by atoms with Gasteiger partial charge in [-0.05, 0) is 74.9 Å². The summed E-state index contributed by atoms with van der Waals surface area (Å²) in [6.45, 7) is 13.8. The predicted octanol–water partition coefficient (Wildman–Crippen LogP) is 4.06. The maximum absolute atomic E-state index is 4.13. The molecule has 3 aliphatic rings. The van der Waals surface area contributed by atoms with Crippen LogP contribution in [-0.4, -0.2) is 36.6 Å². The predicted molar refractivity (Wildman–Crippen MR) is 90.5 cm³/mol. The van der Waals surface area contributed by atoms with Crippen LogP contribution in [0.5, 0.6) is 0 Å².